The van der Waals surface area contributed by atoms with E-state index in [1.165, 1.54) is 12.8 Å². The summed E-state index contributed by atoms with van der Waals surface area (Å²) in [6.45, 7) is 11.8. The number of hydrogen-bond donors (Lipinski definition) is 1. The molecule has 0 amide bonds. The van der Waals surface area contributed by atoms with Crippen LogP contribution < -0.4 is 5.32 Å². The van der Waals surface area contributed by atoms with Crippen molar-refractivity contribution in [1.82, 2.24) is 5.32 Å². The zero-order valence-electron chi connectivity index (χ0n) is 9.72. The smallest absolute Gasteiger partial charge is 0.0591 e. The Labute approximate surface area is 88.7 Å². The predicted molar refractivity (Wildman–Crippen MR) is 62.6 cm³/mol. The molecule has 0 saturated heterocycles. The molecule has 0 aromatic carbocycles. The molecule has 0 radical (unpaired) electrons. The fraction of sp³-hybridized carbons (Fsp3) is 0.833. The Bertz CT molecular complexity index is 121. The van der Waals surface area contributed by atoms with Crippen LogP contribution >= 0.6 is 0 Å². The van der Waals surface area contributed by atoms with Crippen LogP contribution in [0.1, 0.15) is 33.1 Å². The first-order chi connectivity index (χ1) is 6.85. The molecule has 2 nitrogen and oxygen atoms in total. The highest BCUT2D eigenvalue weighted by Gasteiger charge is 2.01. The van der Waals surface area contributed by atoms with Crippen LogP contribution in [-0.4, -0.2) is 26.3 Å². The minimum atomic E-state index is 0.802. The van der Waals surface area contributed by atoms with Gasteiger partial charge in [-0.25, -0.2) is 0 Å². The van der Waals surface area contributed by atoms with Gasteiger partial charge in [0.2, 0.25) is 0 Å². The molecule has 0 bridgehead atoms. The molecule has 84 valence electrons. The monoisotopic (exact) mass is 199 g/mol. The van der Waals surface area contributed by atoms with Crippen LogP contribution in [0.2, 0.25) is 0 Å². The van der Waals surface area contributed by atoms with Gasteiger partial charge in [-0.1, -0.05) is 32.8 Å². The summed E-state index contributed by atoms with van der Waals surface area (Å²) < 4.78 is 5.39. The molecule has 0 saturated carbocycles. The molecule has 0 spiro atoms. The second kappa shape index (κ2) is 10.7. The quantitative estimate of drug-likeness (QED) is 0.431. The fourth-order valence-corrected chi connectivity index (χ4v) is 1.30. The van der Waals surface area contributed by atoms with Crippen molar-refractivity contribution in [2.75, 3.05) is 26.3 Å². The van der Waals surface area contributed by atoms with Crippen molar-refractivity contribution in [3.63, 3.8) is 0 Å². The normalized spacial score (nSPS) is 10.8. The van der Waals surface area contributed by atoms with Crippen LogP contribution in [0.5, 0.6) is 0 Å². The molecule has 14 heavy (non-hydrogen) atoms. The van der Waals surface area contributed by atoms with E-state index < -0.39 is 0 Å². The van der Waals surface area contributed by atoms with E-state index in [1.807, 2.05) is 6.08 Å². The van der Waals surface area contributed by atoms with Crippen LogP contribution in [-0.2, 0) is 4.74 Å². The Morgan fingerprint density at radius 1 is 1.29 bits per heavy atom. The first-order valence-electron chi connectivity index (χ1n) is 5.74. The molecule has 0 aromatic rings. The predicted octanol–water partition coefficient (Wildman–Crippen LogP) is 2.60. The average Bonchev–Trinajstić information content (AvgIpc) is 2.22. The largest absolute Gasteiger partial charge is 0.380 e. The molecular formula is C12H25NO. The van der Waals surface area contributed by atoms with Gasteiger partial charge < -0.3 is 10.1 Å². The topological polar surface area (TPSA) is 21.3 Å². The van der Waals surface area contributed by atoms with E-state index in [0.29, 0.717) is 0 Å². The van der Waals surface area contributed by atoms with E-state index in [1.54, 1.807) is 0 Å². The van der Waals surface area contributed by atoms with Gasteiger partial charge in [-0.05, 0) is 18.9 Å². The molecule has 0 aliphatic heterocycles. The second-order valence-electron chi connectivity index (χ2n) is 3.58. The summed E-state index contributed by atoms with van der Waals surface area (Å²) in [6, 6.07) is 0. The van der Waals surface area contributed by atoms with E-state index in [9.17, 15) is 0 Å². The fourth-order valence-electron chi connectivity index (χ4n) is 1.30. The molecule has 0 fully saturated rings. The summed E-state index contributed by atoms with van der Waals surface area (Å²) >= 11 is 0. The maximum absolute atomic E-state index is 5.39. The van der Waals surface area contributed by atoms with Crippen molar-refractivity contribution in [3.05, 3.63) is 12.7 Å². The van der Waals surface area contributed by atoms with E-state index in [2.05, 4.69) is 25.7 Å². The number of ether oxygens (including phenoxy) is 1. The van der Waals surface area contributed by atoms with E-state index >= 15 is 0 Å². The first-order valence-corrected chi connectivity index (χ1v) is 5.74. The molecule has 0 rings (SSSR count). The Hall–Kier alpha value is -0.340. The lowest BCUT2D eigenvalue weighted by molar-refractivity contribution is 0.139. The Balaban J connectivity index is 3.08. The second-order valence-corrected chi connectivity index (χ2v) is 3.58. The van der Waals surface area contributed by atoms with Crippen LogP contribution in [0, 0.1) is 5.92 Å². The molecule has 0 heterocycles. The first kappa shape index (κ1) is 13.7. The lowest BCUT2D eigenvalue weighted by Gasteiger charge is -2.12. The molecule has 0 aromatic heterocycles. The lowest BCUT2D eigenvalue weighted by atomic mass is 10.0. The Kier molecular flexibility index (Phi) is 10.5. The van der Waals surface area contributed by atoms with Gasteiger partial charge in [-0.3, -0.25) is 0 Å². The van der Waals surface area contributed by atoms with Crippen molar-refractivity contribution in [3.8, 4) is 0 Å². The summed E-state index contributed by atoms with van der Waals surface area (Å²) in [5.41, 5.74) is 0. The summed E-state index contributed by atoms with van der Waals surface area (Å²) in [7, 11) is 0. The number of hydrogen-bond acceptors (Lipinski definition) is 2. The molecule has 0 aliphatic carbocycles. The summed E-state index contributed by atoms with van der Waals surface area (Å²) in [6.07, 6.45) is 5.37. The van der Waals surface area contributed by atoms with Crippen molar-refractivity contribution >= 4 is 0 Å². The van der Waals surface area contributed by atoms with Gasteiger partial charge in [0.05, 0.1) is 13.2 Å². The Morgan fingerprint density at radius 2 is 2.00 bits per heavy atom. The van der Waals surface area contributed by atoms with Gasteiger partial charge in [0, 0.05) is 6.54 Å². The van der Waals surface area contributed by atoms with Gasteiger partial charge in [0.15, 0.2) is 0 Å². The van der Waals surface area contributed by atoms with E-state index in [4.69, 9.17) is 4.74 Å². The van der Waals surface area contributed by atoms with Gasteiger partial charge in [-0.15, -0.1) is 6.58 Å². The van der Waals surface area contributed by atoms with Gasteiger partial charge >= 0.3 is 0 Å². The van der Waals surface area contributed by atoms with E-state index in [0.717, 1.165) is 38.6 Å². The highest BCUT2D eigenvalue weighted by atomic mass is 16.5. The van der Waals surface area contributed by atoms with Crippen LogP contribution in [0.4, 0.5) is 0 Å². The molecular weight excluding hydrogens is 174 g/mol. The van der Waals surface area contributed by atoms with Crippen molar-refractivity contribution in [2.45, 2.75) is 33.1 Å². The third kappa shape index (κ3) is 8.27. The molecule has 0 unspecified atom stereocenters. The van der Waals surface area contributed by atoms with Crippen LogP contribution in [0.25, 0.3) is 0 Å². The van der Waals surface area contributed by atoms with Gasteiger partial charge in [0.25, 0.3) is 0 Å². The minimum Gasteiger partial charge on any atom is -0.380 e. The van der Waals surface area contributed by atoms with Crippen molar-refractivity contribution in [2.24, 2.45) is 5.92 Å². The maximum atomic E-state index is 5.39. The summed E-state index contributed by atoms with van der Waals surface area (Å²) in [5.74, 6) is 0.822. The molecule has 1 N–H and O–H groups in total. The summed E-state index contributed by atoms with van der Waals surface area (Å²) in [4.78, 5) is 0. The zero-order chi connectivity index (χ0) is 10.6. The number of rotatable bonds is 10. The highest BCUT2D eigenvalue weighted by molar-refractivity contribution is 4.64. The van der Waals surface area contributed by atoms with Crippen LogP contribution in [0.3, 0.4) is 0 Å². The third-order valence-electron chi connectivity index (χ3n) is 2.48. The molecule has 0 atom stereocenters. The van der Waals surface area contributed by atoms with Crippen molar-refractivity contribution < 1.29 is 4.74 Å². The Morgan fingerprint density at radius 3 is 2.57 bits per heavy atom. The zero-order valence-corrected chi connectivity index (χ0v) is 9.72. The lowest BCUT2D eigenvalue weighted by Crippen LogP contribution is -2.25. The standard InChI is InChI=1S/C12H25NO/c1-4-7-9-14-10-8-13-11-12(5-2)6-3/h4,12-13H,1,5-11H2,2-3H3. The average molecular weight is 199 g/mol. The minimum absolute atomic E-state index is 0.802. The molecule has 2 heteroatoms. The molecule has 0 aliphatic rings. The summed E-state index contributed by atoms with van der Waals surface area (Å²) in [5, 5.41) is 3.41. The van der Waals surface area contributed by atoms with Gasteiger partial charge in [-0.2, -0.15) is 0 Å². The van der Waals surface area contributed by atoms with E-state index in [-0.39, 0.29) is 0 Å². The maximum Gasteiger partial charge on any atom is 0.0591 e. The third-order valence-corrected chi connectivity index (χ3v) is 2.48. The van der Waals surface area contributed by atoms with Crippen LogP contribution in [0.15, 0.2) is 12.7 Å². The number of nitrogens with one attached hydrogen (secondary N) is 1. The van der Waals surface area contributed by atoms with Crippen molar-refractivity contribution in [1.29, 1.82) is 0 Å². The van der Waals surface area contributed by atoms with Gasteiger partial charge in [0.1, 0.15) is 0 Å². The SMILES string of the molecule is C=CCCOCCNCC(CC)CC. The highest BCUT2D eigenvalue weighted by Crippen LogP contribution is 2.04.